The Morgan fingerprint density at radius 1 is 1.14 bits per heavy atom. The number of carbonyl (C=O) groups is 1. The van der Waals surface area contributed by atoms with Crippen molar-refractivity contribution in [3.63, 3.8) is 0 Å². The first kappa shape index (κ1) is 20.2. The summed E-state index contributed by atoms with van der Waals surface area (Å²) >= 11 is 1.14. The molecular formula is C21H20F2N2O2S. The van der Waals surface area contributed by atoms with Crippen LogP contribution in [0.3, 0.4) is 0 Å². The average molecular weight is 402 g/mol. The van der Waals surface area contributed by atoms with Crippen LogP contribution in [0.5, 0.6) is 0 Å². The summed E-state index contributed by atoms with van der Waals surface area (Å²) in [6, 6.07) is 10.1. The van der Waals surface area contributed by atoms with Crippen molar-refractivity contribution in [1.29, 1.82) is 0 Å². The molecule has 7 heteroatoms. The van der Waals surface area contributed by atoms with Gasteiger partial charge in [-0.3, -0.25) is 14.2 Å². The lowest BCUT2D eigenvalue weighted by atomic mass is 10.1. The molecule has 3 aromatic rings. The number of nitrogens with zero attached hydrogens (tertiary/aromatic N) is 2. The van der Waals surface area contributed by atoms with Crippen LogP contribution in [0.25, 0.3) is 10.9 Å². The average Bonchev–Trinajstić information content (AvgIpc) is 2.69. The van der Waals surface area contributed by atoms with Crippen molar-refractivity contribution >= 4 is 28.4 Å². The molecule has 146 valence electrons. The Balaban J connectivity index is 2.01. The Kier molecular flexibility index (Phi) is 5.93. The second kappa shape index (κ2) is 8.22. The number of thioether (sulfide) groups is 1. The highest BCUT2D eigenvalue weighted by molar-refractivity contribution is 8.00. The zero-order valence-corrected chi connectivity index (χ0v) is 16.6. The quantitative estimate of drug-likeness (QED) is 0.330. The molecule has 0 unspecified atom stereocenters. The van der Waals surface area contributed by atoms with E-state index in [1.807, 2.05) is 13.8 Å². The van der Waals surface area contributed by atoms with Gasteiger partial charge in [0.25, 0.3) is 5.56 Å². The summed E-state index contributed by atoms with van der Waals surface area (Å²) in [5.74, 6) is -2.43. The number of halogens is 2. The minimum absolute atomic E-state index is 0.0807. The smallest absolute Gasteiger partial charge is 0.262 e. The van der Waals surface area contributed by atoms with Crippen molar-refractivity contribution in [2.45, 2.75) is 43.6 Å². The highest BCUT2D eigenvalue weighted by Gasteiger charge is 2.23. The number of fused-ring (bicyclic) bond motifs is 1. The van der Waals surface area contributed by atoms with Crippen molar-refractivity contribution in [2.24, 2.45) is 0 Å². The first-order valence-electron chi connectivity index (χ1n) is 9.00. The molecule has 0 fully saturated rings. The van der Waals surface area contributed by atoms with Gasteiger partial charge in [0.05, 0.1) is 16.2 Å². The highest BCUT2D eigenvalue weighted by Crippen LogP contribution is 2.28. The Labute approximate surface area is 165 Å². The Morgan fingerprint density at radius 3 is 2.54 bits per heavy atom. The van der Waals surface area contributed by atoms with Crippen LogP contribution in [0.2, 0.25) is 0 Å². The number of hydrogen-bond acceptors (Lipinski definition) is 4. The normalized spacial score (nSPS) is 13.5. The predicted octanol–water partition coefficient (Wildman–Crippen LogP) is 5.01. The molecule has 2 atom stereocenters. The van der Waals surface area contributed by atoms with Gasteiger partial charge in [-0.2, -0.15) is 0 Å². The minimum atomic E-state index is -1.07. The number of ketones is 1. The summed E-state index contributed by atoms with van der Waals surface area (Å²) in [7, 11) is 0. The van der Waals surface area contributed by atoms with Crippen LogP contribution in [0, 0.1) is 11.6 Å². The number of rotatable bonds is 6. The van der Waals surface area contributed by atoms with E-state index in [1.165, 1.54) is 6.07 Å². The van der Waals surface area contributed by atoms with E-state index in [2.05, 4.69) is 4.98 Å². The fourth-order valence-corrected chi connectivity index (χ4v) is 3.96. The minimum Gasteiger partial charge on any atom is -0.293 e. The first-order chi connectivity index (χ1) is 13.3. The highest BCUT2D eigenvalue weighted by atomic mass is 32.2. The largest absolute Gasteiger partial charge is 0.293 e. The summed E-state index contributed by atoms with van der Waals surface area (Å²) in [6.45, 7) is 5.55. The van der Waals surface area contributed by atoms with E-state index in [-0.39, 0.29) is 22.9 Å². The van der Waals surface area contributed by atoms with E-state index in [1.54, 1.807) is 35.8 Å². The van der Waals surface area contributed by atoms with Crippen LogP contribution in [-0.4, -0.2) is 20.6 Å². The molecule has 2 aromatic carbocycles. The van der Waals surface area contributed by atoms with E-state index in [9.17, 15) is 18.4 Å². The van der Waals surface area contributed by atoms with Gasteiger partial charge in [-0.1, -0.05) is 30.8 Å². The molecule has 4 nitrogen and oxygen atoms in total. The number of carbonyl (C=O) groups excluding carboxylic acids is 1. The van der Waals surface area contributed by atoms with Gasteiger partial charge in [0, 0.05) is 11.6 Å². The molecule has 0 spiro atoms. The van der Waals surface area contributed by atoms with Crippen molar-refractivity contribution in [2.75, 3.05) is 0 Å². The molecular weight excluding hydrogens is 382 g/mol. The molecule has 1 aromatic heterocycles. The van der Waals surface area contributed by atoms with E-state index in [0.29, 0.717) is 16.1 Å². The molecule has 0 aliphatic rings. The fourth-order valence-electron chi connectivity index (χ4n) is 2.88. The molecule has 0 radical (unpaired) electrons. The van der Waals surface area contributed by atoms with Gasteiger partial charge in [-0.15, -0.1) is 0 Å². The summed E-state index contributed by atoms with van der Waals surface area (Å²) in [4.78, 5) is 30.3. The van der Waals surface area contributed by atoms with Gasteiger partial charge in [-0.25, -0.2) is 13.8 Å². The van der Waals surface area contributed by atoms with Crippen molar-refractivity contribution < 1.29 is 13.6 Å². The number of Topliss-reactive ketones (excluding diaryl/α,β-unsaturated/α-hetero) is 1. The molecule has 0 aliphatic carbocycles. The SMILES string of the molecule is CC[C@H](C)n1c(S[C@@H](C)C(=O)c2ccc(F)c(F)c2)nc2ccccc2c1=O. The first-order valence-corrected chi connectivity index (χ1v) is 9.88. The van der Waals surface area contributed by atoms with Gasteiger partial charge in [0.15, 0.2) is 22.6 Å². The third-order valence-electron chi connectivity index (χ3n) is 4.66. The van der Waals surface area contributed by atoms with Crippen molar-refractivity contribution in [1.82, 2.24) is 9.55 Å². The third kappa shape index (κ3) is 3.85. The van der Waals surface area contributed by atoms with Crippen LogP contribution < -0.4 is 5.56 Å². The Morgan fingerprint density at radius 2 is 1.86 bits per heavy atom. The maximum atomic E-state index is 13.5. The van der Waals surface area contributed by atoms with Gasteiger partial charge in [0.1, 0.15) is 0 Å². The van der Waals surface area contributed by atoms with Crippen LogP contribution in [0.4, 0.5) is 8.78 Å². The van der Waals surface area contributed by atoms with Gasteiger partial charge in [0.2, 0.25) is 0 Å². The molecule has 0 amide bonds. The summed E-state index contributed by atoms with van der Waals surface area (Å²) in [5.41, 5.74) is 0.481. The van der Waals surface area contributed by atoms with E-state index in [0.717, 1.165) is 30.3 Å². The van der Waals surface area contributed by atoms with E-state index < -0.39 is 16.9 Å². The fraction of sp³-hybridized carbons (Fsp3) is 0.286. The number of hydrogen-bond donors (Lipinski definition) is 0. The van der Waals surface area contributed by atoms with Crippen LogP contribution >= 0.6 is 11.8 Å². The molecule has 0 saturated carbocycles. The van der Waals surface area contributed by atoms with Crippen LogP contribution in [0.15, 0.2) is 52.4 Å². The zero-order chi connectivity index (χ0) is 20.4. The topological polar surface area (TPSA) is 52.0 Å². The molecule has 0 bridgehead atoms. The number of benzene rings is 2. The molecule has 28 heavy (non-hydrogen) atoms. The molecule has 0 N–H and O–H groups in total. The van der Waals surface area contributed by atoms with Crippen LogP contribution in [0.1, 0.15) is 43.6 Å². The zero-order valence-electron chi connectivity index (χ0n) is 15.8. The Bertz CT molecular complexity index is 1100. The molecule has 3 rings (SSSR count). The van der Waals surface area contributed by atoms with Crippen molar-refractivity contribution in [3.05, 3.63) is 70.0 Å². The standard InChI is InChI=1S/C21H20F2N2O2S/c1-4-12(2)25-20(27)15-7-5-6-8-18(15)24-21(25)28-13(3)19(26)14-9-10-16(22)17(23)11-14/h5-13H,4H2,1-3H3/t12-,13-/m0/s1. The monoisotopic (exact) mass is 402 g/mol. The lowest BCUT2D eigenvalue weighted by Crippen LogP contribution is -2.27. The van der Waals surface area contributed by atoms with Crippen molar-refractivity contribution in [3.8, 4) is 0 Å². The number of para-hydroxylation sites is 1. The lowest BCUT2D eigenvalue weighted by molar-refractivity contribution is 0.0993. The molecule has 0 saturated heterocycles. The molecule has 1 heterocycles. The summed E-state index contributed by atoms with van der Waals surface area (Å²) < 4.78 is 28.2. The summed E-state index contributed by atoms with van der Waals surface area (Å²) in [5, 5.41) is 0.321. The lowest BCUT2D eigenvalue weighted by Gasteiger charge is -2.20. The second-order valence-electron chi connectivity index (χ2n) is 6.60. The third-order valence-corrected chi connectivity index (χ3v) is 5.73. The predicted molar refractivity (Wildman–Crippen MR) is 107 cm³/mol. The number of aromatic nitrogens is 2. The van der Waals surface area contributed by atoms with Gasteiger partial charge in [-0.05, 0) is 50.6 Å². The van der Waals surface area contributed by atoms with Gasteiger partial charge < -0.3 is 0 Å². The summed E-state index contributed by atoms with van der Waals surface area (Å²) in [6.07, 6.45) is 0.721. The maximum absolute atomic E-state index is 13.5. The van der Waals surface area contributed by atoms with Crippen LogP contribution in [-0.2, 0) is 0 Å². The van der Waals surface area contributed by atoms with Gasteiger partial charge >= 0.3 is 0 Å². The Hall–Kier alpha value is -2.54. The second-order valence-corrected chi connectivity index (χ2v) is 7.91. The van der Waals surface area contributed by atoms with E-state index in [4.69, 9.17) is 0 Å². The maximum Gasteiger partial charge on any atom is 0.262 e. The van der Waals surface area contributed by atoms with E-state index >= 15 is 0 Å². The molecule has 0 aliphatic heterocycles.